The Balaban J connectivity index is 1.42. The number of nitrogens with zero attached hydrogens (tertiary/aromatic N) is 4. The average molecular weight is 601 g/mol. The molecular weight excluding hydrogens is 555 g/mol. The van der Waals surface area contributed by atoms with E-state index in [2.05, 4.69) is 41.1 Å². The molecule has 4 rings (SSSR count). The molecule has 0 aliphatic carbocycles. The standard InChI is InChI=1S/C32H46ClFN6O2/c1-23(2)22-40(39-18-16-37(3)17-19-39)26-12-14-38(15-13-26)32(42)30(20-24-8-10-25(33)11-9-24)36-31(41)21-29(35)27-6-4-5-7-28(27)34/h4-11,23,26,29-30H,12-22,35H2,1-3H3,(H,36,41)/t29?,30-/m1/s1. The van der Waals surface area contributed by atoms with Crippen molar-refractivity contribution in [1.29, 1.82) is 0 Å². The summed E-state index contributed by atoms with van der Waals surface area (Å²) in [4.78, 5) is 31.2. The summed E-state index contributed by atoms with van der Waals surface area (Å²) in [6, 6.07) is 12.3. The molecule has 2 fully saturated rings. The minimum Gasteiger partial charge on any atom is -0.344 e. The van der Waals surface area contributed by atoms with Gasteiger partial charge < -0.3 is 20.9 Å². The van der Waals surface area contributed by atoms with Crippen LogP contribution >= 0.6 is 11.6 Å². The molecule has 0 bridgehead atoms. The number of hydrazine groups is 1. The Bertz CT molecular complexity index is 1170. The van der Waals surface area contributed by atoms with Crippen molar-refractivity contribution >= 4 is 23.4 Å². The number of nitrogens with one attached hydrogen (secondary N) is 1. The third kappa shape index (κ3) is 8.97. The number of halogens is 2. The van der Waals surface area contributed by atoms with Crippen LogP contribution in [0.25, 0.3) is 0 Å². The maximum absolute atomic E-state index is 14.2. The van der Waals surface area contributed by atoms with E-state index < -0.39 is 17.9 Å². The minimum atomic E-state index is -0.810. The molecule has 230 valence electrons. The largest absolute Gasteiger partial charge is 0.344 e. The fraction of sp³-hybridized carbons (Fsp3) is 0.562. The molecule has 2 aromatic carbocycles. The highest BCUT2D eigenvalue weighted by Gasteiger charge is 2.34. The van der Waals surface area contributed by atoms with E-state index in [9.17, 15) is 14.0 Å². The third-order valence-electron chi connectivity index (χ3n) is 8.29. The van der Waals surface area contributed by atoms with Crippen molar-refractivity contribution < 1.29 is 14.0 Å². The number of likely N-dealkylation sites (tertiary alicyclic amines) is 1. The van der Waals surface area contributed by atoms with Gasteiger partial charge in [0.25, 0.3) is 0 Å². The second-order valence-corrected chi connectivity index (χ2v) is 12.5. The molecule has 0 aromatic heterocycles. The molecule has 42 heavy (non-hydrogen) atoms. The smallest absolute Gasteiger partial charge is 0.245 e. The second kappa shape index (κ2) is 15.3. The lowest BCUT2D eigenvalue weighted by Gasteiger charge is -2.47. The number of hydrogen-bond acceptors (Lipinski definition) is 6. The van der Waals surface area contributed by atoms with Gasteiger partial charge in [-0.05, 0) is 49.6 Å². The fourth-order valence-corrected chi connectivity index (χ4v) is 6.05. The number of likely N-dealkylation sites (N-methyl/N-ethyl adjacent to an activating group) is 1. The Morgan fingerprint density at radius 3 is 2.29 bits per heavy atom. The highest BCUT2D eigenvalue weighted by molar-refractivity contribution is 6.30. The summed E-state index contributed by atoms with van der Waals surface area (Å²) in [6.45, 7) is 10.9. The maximum Gasteiger partial charge on any atom is 0.245 e. The predicted octanol–water partition coefficient (Wildman–Crippen LogP) is 3.71. The van der Waals surface area contributed by atoms with Crippen molar-refractivity contribution in [3.8, 4) is 0 Å². The minimum absolute atomic E-state index is 0.105. The first-order chi connectivity index (χ1) is 20.1. The van der Waals surface area contributed by atoms with Crippen LogP contribution in [0.1, 0.15) is 50.3 Å². The van der Waals surface area contributed by atoms with Crippen molar-refractivity contribution in [2.45, 2.75) is 57.7 Å². The predicted molar refractivity (Wildman–Crippen MR) is 165 cm³/mol. The monoisotopic (exact) mass is 600 g/mol. The number of piperazine rings is 1. The highest BCUT2D eigenvalue weighted by atomic mass is 35.5. The molecule has 2 aliphatic rings. The first-order valence-corrected chi connectivity index (χ1v) is 15.5. The summed E-state index contributed by atoms with van der Waals surface area (Å²) in [6.07, 6.45) is 1.97. The van der Waals surface area contributed by atoms with E-state index in [4.69, 9.17) is 17.3 Å². The van der Waals surface area contributed by atoms with Gasteiger partial charge >= 0.3 is 0 Å². The summed E-state index contributed by atoms with van der Waals surface area (Å²) in [5, 5.41) is 8.59. The number of nitrogens with two attached hydrogens (primary N) is 1. The van der Waals surface area contributed by atoms with Gasteiger partial charge in [0.2, 0.25) is 11.8 Å². The molecular formula is C32H46ClFN6O2. The van der Waals surface area contributed by atoms with Gasteiger partial charge in [0, 0.05) is 81.3 Å². The lowest BCUT2D eigenvalue weighted by Crippen LogP contribution is -2.60. The Kier molecular flexibility index (Phi) is 11.7. The zero-order valence-corrected chi connectivity index (χ0v) is 25.9. The lowest BCUT2D eigenvalue weighted by molar-refractivity contribution is -0.140. The number of amides is 2. The van der Waals surface area contributed by atoms with E-state index in [0.29, 0.717) is 36.5 Å². The fourth-order valence-electron chi connectivity index (χ4n) is 5.92. The van der Waals surface area contributed by atoms with Gasteiger partial charge in [-0.1, -0.05) is 55.8 Å². The van der Waals surface area contributed by atoms with Crippen molar-refractivity contribution in [1.82, 2.24) is 25.1 Å². The first-order valence-electron chi connectivity index (χ1n) is 15.1. The second-order valence-electron chi connectivity index (χ2n) is 12.1. The van der Waals surface area contributed by atoms with Crippen LogP contribution in [0.3, 0.4) is 0 Å². The van der Waals surface area contributed by atoms with Gasteiger partial charge in [0.1, 0.15) is 11.9 Å². The highest BCUT2D eigenvalue weighted by Crippen LogP contribution is 2.23. The van der Waals surface area contributed by atoms with Crippen molar-refractivity contribution in [3.63, 3.8) is 0 Å². The summed E-state index contributed by atoms with van der Waals surface area (Å²) in [7, 11) is 2.17. The molecule has 0 saturated carbocycles. The summed E-state index contributed by atoms with van der Waals surface area (Å²) < 4.78 is 14.2. The Hall–Kier alpha value is -2.56. The molecule has 0 radical (unpaired) electrons. The molecule has 10 heteroatoms. The Morgan fingerprint density at radius 1 is 1.02 bits per heavy atom. The van der Waals surface area contributed by atoms with Crippen LogP contribution in [-0.2, 0) is 16.0 Å². The van der Waals surface area contributed by atoms with Crippen LogP contribution in [0, 0.1) is 11.7 Å². The molecule has 8 nitrogen and oxygen atoms in total. The Morgan fingerprint density at radius 2 is 1.67 bits per heavy atom. The number of benzene rings is 2. The van der Waals surface area contributed by atoms with Crippen LogP contribution in [-0.4, -0.2) is 96.6 Å². The average Bonchev–Trinajstić information content (AvgIpc) is 2.97. The van der Waals surface area contributed by atoms with E-state index in [1.165, 1.54) is 6.07 Å². The van der Waals surface area contributed by atoms with E-state index in [0.717, 1.165) is 51.1 Å². The molecule has 2 aliphatic heterocycles. The normalized spacial score (nSPS) is 18.8. The Labute approximate surface area is 254 Å². The molecule has 2 atom stereocenters. The molecule has 2 amide bonds. The summed E-state index contributed by atoms with van der Waals surface area (Å²) in [5.74, 6) is -0.395. The summed E-state index contributed by atoms with van der Waals surface area (Å²) >= 11 is 6.08. The number of rotatable bonds is 11. The van der Waals surface area contributed by atoms with E-state index in [1.54, 1.807) is 30.3 Å². The molecule has 1 unspecified atom stereocenters. The number of piperidine rings is 1. The van der Waals surface area contributed by atoms with Crippen LogP contribution in [0.5, 0.6) is 0 Å². The zero-order valence-electron chi connectivity index (χ0n) is 25.1. The molecule has 2 aromatic rings. The molecule has 0 spiro atoms. The lowest BCUT2D eigenvalue weighted by atomic mass is 9.99. The van der Waals surface area contributed by atoms with Crippen molar-refractivity contribution in [2.24, 2.45) is 11.7 Å². The molecule has 3 N–H and O–H groups in total. The topological polar surface area (TPSA) is 85.1 Å². The van der Waals surface area contributed by atoms with Crippen LogP contribution in [0.4, 0.5) is 4.39 Å². The first kappa shape index (κ1) is 32.4. The van der Waals surface area contributed by atoms with Crippen molar-refractivity contribution in [2.75, 3.05) is 52.9 Å². The summed E-state index contributed by atoms with van der Waals surface area (Å²) in [5.41, 5.74) is 7.36. The quantitative estimate of drug-likeness (QED) is 0.409. The maximum atomic E-state index is 14.2. The van der Waals surface area contributed by atoms with Gasteiger partial charge in [-0.3, -0.25) is 9.59 Å². The van der Waals surface area contributed by atoms with Crippen LogP contribution < -0.4 is 11.1 Å². The third-order valence-corrected chi connectivity index (χ3v) is 8.54. The zero-order chi connectivity index (χ0) is 30.2. The van der Waals surface area contributed by atoms with E-state index in [-0.39, 0.29) is 23.8 Å². The van der Waals surface area contributed by atoms with Crippen molar-refractivity contribution in [3.05, 3.63) is 70.5 Å². The number of carbonyl (C=O) groups is 2. The van der Waals surface area contributed by atoms with Gasteiger partial charge in [-0.25, -0.2) is 14.4 Å². The van der Waals surface area contributed by atoms with E-state index >= 15 is 0 Å². The van der Waals surface area contributed by atoms with Gasteiger partial charge in [-0.15, -0.1) is 0 Å². The number of carbonyl (C=O) groups excluding carboxylic acids is 2. The van der Waals surface area contributed by atoms with Crippen LogP contribution in [0.15, 0.2) is 48.5 Å². The number of hydrogen-bond donors (Lipinski definition) is 2. The van der Waals surface area contributed by atoms with Gasteiger partial charge in [-0.2, -0.15) is 0 Å². The van der Waals surface area contributed by atoms with Gasteiger partial charge in [0.15, 0.2) is 0 Å². The van der Waals surface area contributed by atoms with E-state index in [1.807, 2.05) is 17.0 Å². The SMILES string of the molecule is CC(C)CN(C1CCN(C(=O)[C@@H](Cc2ccc(Cl)cc2)NC(=O)CC(N)c2ccccc2F)CC1)N1CCN(C)CC1. The molecule has 2 heterocycles. The molecule has 2 saturated heterocycles. The van der Waals surface area contributed by atoms with Gasteiger partial charge in [0.05, 0.1) is 0 Å². The van der Waals surface area contributed by atoms with Crippen LogP contribution in [0.2, 0.25) is 5.02 Å².